The topological polar surface area (TPSA) is 12.0 Å². The Balaban J connectivity index is 2.21. The number of benzene rings is 1. The Kier molecular flexibility index (Phi) is 6.68. The van der Waals surface area contributed by atoms with Gasteiger partial charge in [0.2, 0.25) is 0 Å². The summed E-state index contributed by atoms with van der Waals surface area (Å²) < 4.78 is 24.6. The number of terminal acetylenes is 1. The molecule has 0 atom stereocenters. The van der Waals surface area contributed by atoms with Gasteiger partial charge in [0, 0.05) is 24.4 Å². The maximum atomic E-state index is 12.3. The van der Waals surface area contributed by atoms with Crippen LogP contribution >= 0.6 is 11.8 Å². The fraction of sp³-hybridized carbons (Fsp3) is 0.385. The number of rotatable bonds is 7. The molecule has 0 aliphatic rings. The Labute approximate surface area is 105 Å². The zero-order valence-corrected chi connectivity index (χ0v) is 10.3. The van der Waals surface area contributed by atoms with Gasteiger partial charge < -0.3 is 5.32 Å². The van der Waals surface area contributed by atoms with Crippen molar-refractivity contribution in [2.45, 2.75) is 13.0 Å². The highest BCUT2D eigenvalue weighted by Gasteiger charge is 2.05. The molecule has 1 aromatic rings. The Morgan fingerprint density at radius 3 is 2.59 bits per heavy atom. The molecule has 0 unspecified atom stereocenters. The van der Waals surface area contributed by atoms with Crippen molar-refractivity contribution < 1.29 is 8.78 Å². The molecular formula is C13H15F2NS. The van der Waals surface area contributed by atoms with Crippen LogP contribution in [-0.2, 0) is 6.54 Å². The summed E-state index contributed by atoms with van der Waals surface area (Å²) in [5, 5.41) is 3.23. The second kappa shape index (κ2) is 8.10. The fourth-order valence-electron chi connectivity index (χ4n) is 1.29. The minimum atomic E-state index is -2.39. The molecular weight excluding hydrogens is 240 g/mol. The standard InChI is InChI=1S/C13H15F2NS/c1-2-8-17-9-7-16-10-11-3-5-12(6-4-11)13(14)15/h1,3-6,13,16H,7-10H2. The van der Waals surface area contributed by atoms with Crippen LogP contribution in [0, 0.1) is 12.3 Å². The highest BCUT2D eigenvalue weighted by molar-refractivity contribution is 7.99. The lowest BCUT2D eigenvalue weighted by Gasteiger charge is -2.05. The van der Waals surface area contributed by atoms with Crippen molar-refractivity contribution in [1.82, 2.24) is 5.32 Å². The quantitative estimate of drug-likeness (QED) is 0.593. The van der Waals surface area contributed by atoms with E-state index in [1.54, 1.807) is 23.9 Å². The molecule has 1 N–H and O–H groups in total. The van der Waals surface area contributed by atoms with E-state index in [9.17, 15) is 8.78 Å². The lowest BCUT2D eigenvalue weighted by Crippen LogP contribution is -2.16. The first-order valence-electron chi connectivity index (χ1n) is 5.33. The van der Waals surface area contributed by atoms with E-state index in [1.165, 1.54) is 12.1 Å². The minimum absolute atomic E-state index is 0.0679. The van der Waals surface area contributed by atoms with Gasteiger partial charge in [-0.15, -0.1) is 18.2 Å². The molecule has 0 heterocycles. The van der Waals surface area contributed by atoms with E-state index in [0.717, 1.165) is 23.6 Å². The molecule has 0 aliphatic carbocycles. The lowest BCUT2D eigenvalue weighted by atomic mass is 10.1. The fourth-order valence-corrected chi connectivity index (χ4v) is 1.84. The van der Waals surface area contributed by atoms with Gasteiger partial charge in [-0.25, -0.2) is 8.78 Å². The van der Waals surface area contributed by atoms with Gasteiger partial charge in [0.05, 0.1) is 5.75 Å². The molecule has 4 heteroatoms. The van der Waals surface area contributed by atoms with E-state index in [1.807, 2.05) is 0 Å². The Morgan fingerprint density at radius 2 is 2.00 bits per heavy atom. The van der Waals surface area contributed by atoms with Crippen molar-refractivity contribution in [2.75, 3.05) is 18.1 Å². The number of hydrogen-bond acceptors (Lipinski definition) is 2. The highest BCUT2D eigenvalue weighted by atomic mass is 32.2. The van der Waals surface area contributed by atoms with Gasteiger partial charge in [-0.2, -0.15) is 0 Å². The molecule has 92 valence electrons. The van der Waals surface area contributed by atoms with Crippen LogP contribution in [-0.4, -0.2) is 18.1 Å². The van der Waals surface area contributed by atoms with E-state index in [2.05, 4.69) is 11.2 Å². The van der Waals surface area contributed by atoms with Crippen molar-refractivity contribution >= 4 is 11.8 Å². The average molecular weight is 255 g/mol. The maximum absolute atomic E-state index is 12.3. The molecule has 0 aliphatic heterocycles. The summed E-state index contributed by atoms with van der Waals surface area (Å²) >= 11 is 1.70. The molecule has 1 aromatic carbocycles. The van der Waals surface area contributed by atoms with Crippen LogP contribution in [0.3, 0.4) is 0 Å². The molecule has 0 spiro atoms. The number of halogens is 2. The summed E-state index contributed by atoms with van der Waals surface area (Å²) in [6, 6.07) is 6.38. The van der Waals surface area contributed by atoms with Crippen LogP contribution in [0.25, 0.3) is 0 Å². The molecule has 17 heavy (non-hydrogen) atoms. The SMILES string of the molecule is C#CCSCCNCc1ccc(C(F)F)cc1. The first-order valence-corrected chi connectivity index (χ1v) is 6.48. The van der Waals surface area contributed by atoms with Crippen molar-refractivity contribution in [2.24, 2.45) is 0 Å². The second-order valence-corrected chi connectivity index (χ2v) is 4.58. The zero-order chi connectivity index (χ0) is 12.5. The predicted octanol–water partition coefficient (Wildman–Crippen LogP) is 3.08. The summed E-state index contributed by atoms with van der Waals surface area (Å²) in [5.74, 6) is 4.24. The summed E-state index contributed by atoms with van der Waals surface area (Å²) in [7, 11) is 0. The summed E-state index contributed by atoms with van der Waals surface area (Å²) in [6.07, 6.45) is 2.73. The normalized spacial score (nSPS) is 10.5. The van der Waals surface area contributed by atoms with E-state index in [0.29, 0.717) is 6.54 Å². The molecule has 0 aromatic heterocycles. The first-order chi connectivity index (χ1) is 8.24. The van der Waals surface area contributed by atoms with Gasteiger partial charge in [-0.05, 0) is 5.56 Å². The van der Waals surface area contributed by atoms with Crippen LogP contribution < -0.4 is 5.32 Å². The van der Waals surface area contributed by atoms with E-state index in [4.69, 9.17) is 6.42 Å². The van der Waals surface area contributed by atoms with E-state index >= 15 is 0 Å². The van der Waals surface area contributed by atoms with Crippen LogP contribution in [0.15, 0.2) is 24.3 Å². The van der Waals surface area contributed by atoms with Crippen molar-refractivity contribution in [1.29, 1.82) is 0 Å². The highest BCUT2D eigenvalue weighted by Crippen LogP contribution is 2.18. The molecule has 0 fully saturated rings. The molecule has 0 bridgehead atoms. The minimum Gasteiger partial charge on any atom is -0.312 e. The molecule has 1 nitrogen and oxygen atoms in total. The Bertz CT molecular complexity index is 357. The van der Waals surface area contributed by atoms with Gasteiger partial charge in [0.25, 0.3) is 6.43 Å². The first kappa shape index (κ1) is 14.0. The van der Waals surface area contributed by atoms with Gasteiger partial charge in [-0.1, -0.05) is 30.2 Å². The Hall–Kier alpha value is -1.05. The van der Waals surface area contributed by atoms with Crippen LogP contribution in [0.2, 0.25) is 0 Å². The molecule has 0 saturated heterocycles. The largest absolute Gasteiger partial charge is 0.312 e. The summed E-state index contributed by atoms with van der Waals surface area (Å²) in [6.45, 7) is 1.56. The van der Waals surface area contributed by atoms with Crippen LogP contribution in [0.1, 0.15) is 17.6 Å². The molecule has 0 saturated carbocycles. The number of thioether (sulfide) groups is 1. The predicted molar refractivity (Wildman–Crippen MR) is 69.3 cm³/mol. The Morgan fingerprint density at radius 1 is 1.29 bits per heavy atom. The van der Waals surface area contributed by atoms with Crippen LogP contribution in [0.4, 0.5) is 8.78 Å². The third-order valence-corrected chi connectivity index (χ3v) is 3.03. The lowest BCUT2D eigenvalue weighted by molar-refractivity contribution is 0.151. The monoisotopic (exact) mass is 255 g/mol. The third-order valence-electron chi connectivity index (χ3n) is 2.17. The van der Waals surface area contributed by atoms with Crippen molar-refractivity contribution in [3.8, 4) is 12.3 Å². The van der Waals surface area contributed by atoms with E-state index < -0.39 is 6.43 Å². The van der Waals surface area contributed by atoms with Crippen molar-refractivity contribution in [3.63, 3.8) is 0 Å². The van der Waals surface area contributed by atoms with Crippen molar-refractivity contribution in [3.05, 3.63) is 35.4 Å². The van der Waals surface area contributed by atoms with Gasteiger partial charge in [-0.3, -0.25) is 0 Å². The molecule has 0 radical (unpaired) electrons. The molecule has 1 rings (SSSR count). The third kappa shape index (κ3) is 5.71. The number of alkyl halides is 2. The maximum Gasteiger partial charge on any atom is 0.263 e. The van der Waals surface area contributed by atoms with Crippen LogP contribution in [0.5, 0.6) is 0 Å². The summed E-state index contributed by atoms with van der Waals surface area (Å²) in [4.78, 5) is 0. The smallest absolute Gasteiger partial charge is 0.263 e. The zero-order valence-electron chi connectivity index (χ0n) is 9.46. The van der Waals surface area contributed by atoms with Gasteiger partial charge >= 0.3 is 0 Å². The van der Waals surface area contributed by atoms with E-state index in [-0.39, 0.29) is 5.56 Å². The summed E-state index contributed by atoms with van der Waals surface area (Å²) in [5.41, 5.74) is 1.08. The molecule has 0 amide bonds. The van der Waals surface area contributed by atoms with Gasteiger partial charge in [0.1, 0.15) is 0 Å². The number of hydrogen-bond donors (Lipinski definition) is 1. The second-order valence-electron chi connectivity index (χ2n) is 3.48. The number of nitrogens with one attached hydrogen (secondary N) is 1. The average Bonchev–Trinajstić information content (AvgIpc) is 2.34. The van der Waals surface area contributed by atoms with Gasteiger partial charge in [0.15, 0.2) is 0 Å².